The number of aromatic hydroxyl groups is 1. The minimum Gasteiger partial charge on any atom is -0.508 e. The number of hydrogen-bond acceptors (Lipinski definition) is 6. The van der Waals surface area contributed by atoms with Gasteiger partial charge in [-0.3, -0.25) is 4.90 Å². The van der Waals surface area contributed by atoms with Crippen molar-refractivity contribution in [3.63, 3.8) is 0 Å². The van der Waals surface area contributed by atoms with Gasteiger partial charge in [0.25, 0.3) is 0 Å². The predicted molar refractivity (Wildman–Crippen MR) is 492 cm³/mol. The number of benzene rings is 9. The molecule has 1 heterocycles. The highest BCUT2D eigenvalue weighted by atomic mass is 35.5. The van der Waals surface area contributed by atoms with Gasteiger partial charge >= 0.3 is 0 Å². The first-order valence-electron chi connectivity index (χ1n) is 37.4. The zero-order valence-electron chi connectivity index (χ0n) is 68.9. The molecule has 0 saturated carbocycles. The zero-order chi connectivity index (χ0) is 87.0. The van der Waals surface area contributed by atoms with Crippen molar-refractivity contribution in [1.82, 2.24) is 4.90 Å². The maximum Gasteiger partial charge on any atom is 0.142 e. The lowest BCUT2D eigenvalue weighted by Gasteiger charge is -2.27. The molecule has 0 unspecified atom stereocenters. The number of phenolic OH excluding ortho intramolecular Hbond substituents is 1. The lowest BCUT2D eigenvalue weighted by atomic mass is 10.0. The van der Waals surface area contributed by atoms with Crippen LogP contribution >= 0.6 is 151 Å². The molecule has 0 bridgehead atoms. The number of thioether (sulfide) groups is 1. The standard InChI is InChI=1S/C14H20ClNO.C11H10Cl2.C10H12Cl2S.C10H12Cl2.C10H12ClF.C10H13ClO.C9H9ClF2.C9H11ClFN.C9H11ClO/c1-11(2)13-9-12(3-4-14(13)15)10-16-5-7-17-8-6-16;1-4-8-5-9(12)11(7(2)3)10(13)6-8;1-6(2)10-8(11)4-7(13-3)5-9(10)12;1-6(2)10-8(11)4-7(3)5-9(10)12;1-6(2)9-8(12)5-4-7(3)10(9)11;1-7(2)9-5-8(6-12)3-4-10(9)11;1-5(2)8-6(11)3-4-7(12)9(8)10;1-5(2)9-7(10)3-6(12)4-8(9)11;1-6(2)9-7(10)4-3-5-8(9)11/h3-4,9,11H,5-8,10H2,1-2H3;1,5-7H,2-3H3;4-6H,1-3H3;2*4-6H,1-3H3;3-5,7,12H,6H2,1-2H3;3-5H,1-2H3;3-5H,12H2,1-2H3;3-6,11H,1-2H3. The van der Waals surface area contributed by atoms with Gasteiger partial charge in [0.15, 0.2) is 0 Å². The first-order valence-corrected chi connectivity index (χ1v) is 43.1. The largest absolute Gasteiger partial charge is 0.508 e. The van der Waals surface area contributed by atoms with E-state index >= 15 is 0 Å². The number of nitrogens with two attached hydrogens (primary N) is 1. The van der Waals surface area contributed by atoms with E-state index in [1.165, 1.54) is 23.3 Å². The molecule has 114 heavy (non-hydrogen) atoms. The number of aliphatic hydroxyl groups is 1. The molecule has 10 rings (SSSR count). The van der Waals surface area contributed by atoms with Crippen LogP contribution in [0.4, 0.5) is 23.2 Å². The summed E-state index contributed by atoms with van der Waals surface area (Å²) in [6.07, 6.45) is 7.26. The van der Waals surface area contributed by atoms with Crippen molar-refractivity contribution in [2.75, 3.05) is 38.3 Å². The van der Waals surface area contributed by atoms with E-state index in [9.17, 15) is 22.7 Å². The molecule has 9 aromatic rings. The lowest BCUT2D eigenvalue weighted by Crippen LogP contribution is -2.35. The normalized spacial score (nSPS) is 11.7. The molecule has 22 heteroatoms. The summed E-state index contributed by atoms with van der Waals surface area (Å²) in [5.74, 6) is 3.57. The van der Waals surface area contributed by atoms with Gasteiger partial charge in [-0.2, -0.15) is 0 Å². The Morgan fingerprint density at radius 2 is 0.807 bits per heavy atom. The highest BCUT2D eigenvalue weighted by Gasteiger charge is 2.19. The monoisotopic (exact) mass is 1820 g/mol. The molecule has 0 amide bonds. The fourth-order valence-electron chi connectivity index (χ4n) is 11.5. The zero-order valence-corrected chi connectivity index (χ0v) is 78.8. The summed E-state index contributed by atoms with van der Waals surface area (Å²) in [5, 5.41) is 25.8. The Bertz CT molecular complexity index is 4320. The number of aryl methyl sites for hydroxylation is 2. The van der Waals surface area contributed by atoms with Gasteiger partial charge in [-0.05, 0) is 214 Å². The molecule has 1 aliphatic heterocycles. The third-order valence-electron chi connectivity index (χ3n) is 17.4. The van der Waals surface area contributed by atoms with Crippen molar-refractivity contribution in [3.05, 3.63) is 289 Å². The topological polar surface area (TPSA) is 79.0 Å². The number of halogens is 16. The molecule has 4 N–H and O–H groups in total. The maximum absolute atomic E-state index is 13.2. The summed E-state index contributed by atoms with van der Waals surface area (Å²) in [7, 11) is 0. The van der Waals surface area contributed by atoms with Crippen LogP contribution < -0.4 is 5.73 Å². The summed E-state index contributed by atoms with van der Waals surface area (Å²) in [4.78, 5) is 3.54. The van der Waals surface area contributed by atoms with Gasteiger partial charge in [-0.1, -0.05) is 306 Å². The van der Waals surface area contributed by atoms with E-state index in [2.05, 4.69) is 78.3 Å². The first kappa shape index (κ1) is 106. The second kappa shape index (κ2) is 52.6. The van der Waals surface area contributed by atoms with Crippen LogP contribution in [0.25, 0.3) is 0 Å². The Morgan fingerprint density at radius 3 is 1.18 bits per heavy atom. The van der Waals surface area contributed by atoms with Gasteiger partial charge in [0.2, 0.25) is 0 Å². The number of terminal acetylenes is 1. The quantitative estimate of drug-likeness (QED) is 0.0351. The van der Waals surface area contributed by atoms with Gasteiger partial charge in [-0.25, -0.2) is 17.6 Å². The molecule has 1 aliphatic rings. The number of nitrogen functional groups attached to an aromatic ring is 1. The van der Waals surface area contributed by atoms with E-state index < -0.39 is 11.6 Å². The van der Waals surface area contributed by atoms with Crippen LogP contribution in [0, 0.1) is 49.5 Å². The molecule has 5 nitrogen and oxygen atoms in total. The molecular formula is C92H110Cl12F4N2O3S. The molecule has 0 atom stereocenters. The van der Waals surface area contributed by atoms with E-state index in [1.54, 1.807) is 68.1 Å². The van der Waals surface area contributed by atoms with Crippen LogP contribution in [0.2, 0.25) is 60.3 Å². The van der Waals surface area contributed by atoms with Gasteiger partial charge in [0.05, 0.1) is 24.8 Å². The number of anilines is 1. The van der Waals surface area contributed by atoms with Crippen molar-refractivity contribution in [2.24, 2.45) is 0 Å². The van der Waals surface area contributed by atoms with Crippen molar-refractivity contribution >= 4 is 157 Å². The molecule has 9 aromatic carbocycles. The van der Waals surface area contributed by atoms with Crippen LogP contribution in [0.3, 0.4) is 0 Å². The molecule has 1 saturated heterocycles. The number of nitrogens with zero attached hydrogens (tertiary/aromatic N) is 1. The van der Waals surface area contributed by atoms with E-state index in [0.29, 0.717) is 71.5 Å². The Hall–Kier alpha value is -4.43. The van der Waals surface area contributed by atoms with Gasteiger partial charge < -0.3 is 20.7 Å². The fraction of sp³-hybridized carbons (Fsp3) is 0.391. The number of phenols is 1. The third kappa shape index (κ3) is 34.7. The average Bonchev–Trinajstić information content (AvgIpc) is 0.840. The Morgan fingerprint density at radius 1 is 0.421 bits per heavy atom. The van der Waals surface area contributed by atoms with E-state index in [1.807, 2.05) is 124 Å². The second-order valence-corrected chi connectivity index (χ2v) is 35.4. The molecular weight excluding hydrogens is 1710 g/mol. The molecule has 0 spiro atoms. The summed E-state index contributed by atoms with van der Waals surface area (Å²) < 4.78 is 57.6. The van der Waals surface area contributed by atoms with Crippen molar-refractivity contribution in [1.29, 1.82) is 0 Å². The Kier molecular flexibility index (Phi) is 48.7. The lowest BCUT2D eigenvalue weighted by molar-refractivity contribution is 0.0342. The minimum absolute atomic E-state index is 0.0802. The van der Waals surface area contributed by atoms with E-state index in [4.69, 9.17) is 161 Å². The smallest absolute Gasteiger partial charge is 0.142 e. The number of ether oxygens (including phenoxy) is 1. The molecule has 624 valence electrons. The van der Waals surface area contributed by atoms with Crippen LogP contribution in [-0.2, 0) is 17.9 Å². The van der Waals surface area contributed by atoms with Crippen LogP contribution in [0.5, 0.6) is 5.75 Å². The highest BCUT2D eigenvalue weighted by molar-refractivity contribution is 7.98. The number of rotatable bonds is 13. The Balaban J connectivity index is 0.000000436. The number of hydrogen-bond donors (Lipinski definition) is 3. The summed E-state index contributed by atoms with van der Waals surface area (Å²) in [6, 6.07) is 36.7. The van der Waals surface area contributed by atoms with Crippen molar-refractivity contribution < 1.29 is 32.5 Å². The average molecular weight is 1830 g/mol. The number of aliphatic hydroxyl groups excluding tert-OH is 1. The summed E-state index contributed by atoms with van der Waals surface area (Å²) >= 11 is 73.4. The molecule has 0 radical (unpaired) electrons. The van der Waals surface area contributed by atoms with E-state index in [0.717, 1.165) is 130 Å². The number of morpholine rings is 1. The van der Waals surface area contributed by atoms with Crippen LogP contribution in [-0.4, -0.2) is 47.7 Å². The fourth-order valence-corrected chi connectivity index (χ4v) is 17.2. The summed E-state index contributed by atoms with van der Waals surface area (Å²) in [5.41, 5.74) is 18.4. The predicted octanol–water partition coefficient (Wildman–Crippen LogP) is 33.6. The summed E-state index contributed by atoms with van der Waals surface area (Å²) in [6.45, 7) is 44.9. The Labute approximate surface area is 742 Å². The van der Waals surface area contributed by atoms with Gasteiger partial charge in [0, 0.05) is 113 Å². The van der Waals surface area contributed by atoms with Crippen LogP contribution in [0.1, 0.15) is 256 Å². The molecule has 0 aliphatic carbocycles. The van der Waals surface area contributed by atoms with Gasteiger partial charge in [-0.15, -0.1) is 18.2 Å². The first-order chi connectivity index (χ1) is 53.2. The SMILES string of the molecule is C#Cc1cc(Cl)c(C(C)C)c(Cl)c1.CC(C)c1c(F)cc(N)cc1Cl.CC(C)c1c(F)ccc(F)c1Cl.CC(C)c1c(O)cccc1Cl.CC(C)c1cc(CN2CCOCC2)ccc1Cl.CC(C)c1cc(CO)ccc1Cl.CSc1cc(Cl)c(C(C)C)c(Cl)c1.Cc1cc(Cl)c(C(C)C)c(Cl)c1.Cc1ccc(F)c(C(C)C)c1Cl. The third-order valence-corrected chi connectivity index (χ3v) is 22.2. The van der Waals surface area contributed by atoms with Crippen molar-refractivity contribution in [2.45, 2.75) is 210 Å². The molecule has 1 fully saturated rings. The maximum atomic E-state index is 13.2. The van der Waals surface area contributed by atoms with Gasteiger partial charge in [0.1, 0.15) is 29.0 Å². The van der Waals surface area contributed by atoms with E-state index in [-0.39, 0.29) is 58.2 Å². The van der Waals surface area contributed by atoms with Crippen molar-refractivity contribution in [3.8, 4) is 18.1 Å². The second-order valence-electron chi connectivity index (χ2n) is 29.7. The molecule has 0 aromatic heterocycles. The highest BCUT2D eigenvalue weighted by Crippen LogP contribution is 2.39. The minimum atomic E-state index is -0.568. The van der Waals surface area contributed by atoms with Crippen LogP contribution in [0.15, 0.2) is 132 Å².